The number of nitrogen functional groups attached to an aromatic ring is 1. The van der Waals surface area contributed by atoms with E-state index in [0.29, 0.717) is 15.9 Å². The van der Waals surface area contributed by atoms with E-state index in [2.05, 4.69) is 15.0 Å². The fraction of sp³-hybridized carbons (Fsp3) is 0. The fourth-order valence-corrected chi connectivity index (χ4v) is 2.04. The second-order valence-electron chi connectivity index (χ2n) is 2.71. The minimum atomic E-state index is 0.376. The molecule has 0 aromatic carbocycles. The molecule has 0 radical (unpaired) electrons. The Balaban J connectivity index is 2.25. The van der Waals surface area contributed by atoms with E-state index in [1.54, 1.807) is 30.7 Å². The van der Waals surface area contributed by atoms with Crippen molar-refractivity contribution in [3.05, 3.63) is 35.9 Å². The Labute approximate surface area is 95.9 Å². The molecule has 2 N–H and O–H groups in total. The molecule has 2 aromatic heterocycles. The average Bonchev–Trinajstić information content (AvgIpc) is 2.17. The Hall–Kier alpha value is -1.33. The predicted octanol–water partition coefficient (Wildman–Crippen LogP) is 2.26. The third-order valence-corrected chi connectivity index (χ3v) is 2.57. The number of hydrogen-bond acceptors (Lipinski definition) is 5. The average molecular weight is 239 g/mol. The second kappa shape index (κ2) is 4.46. The summed E-state index contributed by atoms with van der Waals surface area (Å²) >= 11 is 7.14. The van der Waals surface area contributed by atoms with Crippen molar-refractivity contribution in [3.63, 3.8) is 0 Å². The number of anilines is 1. The Morgan fingerprint density at radius 3 is 2.73 bits per heavy atom. The van der Waals surface area contributed by atoms with Gasteiger partial charge in [0.05, 0.1) is 6.20 Å². The van der Waals surface area contributed by atoms with Crippen LogP contribution in [0.1, 0.15) is 0 Å². The van der Waals surface area contributed by atoms with E-state index < -0.39 is 0 Å². The minimum absolute atomic E-state index is 0.376. The van der Waals surface area contributed by atoms with Crippen LogP contribution in [0.2, 0.25) is 5.15 Å². The highest BCUT2D eigenvalue weighted by molar-refractivity contribution is 7.99. The van der Waals surface area contributed by atoms with Crippen molar-refractivity contribution >= 4 is 29.1 Å². The first-order chi connectivity index (χ1) is 7.24. The lowest BCUT2D eigenvalue weighted by Crippen LogP contribution is -1.89. The second-order valence-corrected chi connectivity index (χ2v) is 4.14. The molecular weight excluding hydrogens is 232 g/mol. The summed E-state index contributed by atoms with van der Waals surface area (Å²) in [5.74, 6) is 0. The monoisotopic (exact) mass is 238 g/mol. The van der Waals surface area contributed by atoms with Gasteiger partial charge in [0.2, 0.25) is 0 Å². The van der Waals surface area contributed by atoms with Crippen LogP contribution in [0.4, 0.5) is 5.69 Å². The summed E-state index contributed by atoms with van der Waals surface area (Å²) in [5.41, 5.74) is 6.22. The summed E-state index contributed by atoms with van der Waals surface area (Å²) in [4.78, 5) is 12.2. The van der Waals surface area contributed by atoms with E-state index in [4.69, 9.17) is 17.3 Å². The molecular formula is C9H7ClN4S. The standard InChI is InChI=1S/C9H7ClN4S/c10-7-3-6(11)4-8(14-7)15-9-5-12-1-2-13-9/h1-5H,(H2,11,14). The van der Waals surface area contributed by atoms with Crippen LogP contribution in [0.5, 0.6) is 0 Å². The van der Waals surface area contributed by atoms with Crippen LogP contribution in [0.3, 0.4) is 0 Å². The smallest absolute Gasteiger partial charge is 0.132 e. The molecule has 0 aliphatic rings. The summed E-state index contributed by atoms with van der Waals surface area (Å²) in [5, 5.41) is 1.84. The van der Waals surface area contributed by atoms with Gasteiger partial charge in [-0.2, -0.15) is 0 Å². The van der Waals surface area contributed by atoms with Gasteiger partial charge in [-0.3, -0.25) is 4.98 Å². The Morgan fingerprint density at radius 2 is 2.07 bits per heavy atom. The number of rotatable bonds is 2. The van der Waals surface area contributed by atoms with Gasteiger partial charge in [-0.1, -0.05) is 11.6 Å². The molecule has 4 nitrogen and oxygen atoms in total. The number of hydrogen-bond donors (Lipinski definition) is 1. The van der Waals surface area contributed by atoms with Gasteiger partial charge in [0, 0.05) is 18.1 Å². The van der Waals surface area contributed by atoms with Crippen molar-refractivity contribution < 1.29 is 0 Å². The molecule has 76 valence electrons. The molecule has 6 heteroatoms. The van der Waals surface area contributed by atoms with Gasteiger partial charge in [0.15, 0.2) is 0 Å². The van der Waals surface area contributed by atoms with Crippen LogP contribution < -0.4 is 5.73 Å². The van der Waals surface area contributed by atoms with E-state index >= 15 is 0 Å². The van der Waals surface area contributed by atoms with Crippen molar-refractivity contribution in [2.24, 2.45) is 0 Å². The molecule has 0 atom stereocenters. The van der Waals surface area contributed by atoms with Crippen LogP contribution >= 0.6 is 23.4 Å². The highest BCUT2D eigenvalue weighted by Crippen LogP contribution is 2.26. The molecule has 0 unspecified atom stereocenters. The van der Waals surface area contributed by atoms with Crippen molar-refractivity contribution in [1.82, 2.24) is 15.0 Å². The van der Waals surface area contributed by atoms with Gasteiger partial charge < -0.3 is 5.73 Å². The molecule has 2 rings (SSSR count). The molecule has 2 aromatic rings. The fourth-order valence-electron chi connectivity index (χ4n) is 0.989. The van der Waals surface area contributed by atoms with Crippen molar-refractivity contribution in [1.29, 1.82) is 0 Å². The minimum Gasteiger partial charge on any atom is -0.399 e. The van der Waals surface area contributed by atoms with E-state index in [1.165, 1.54) is 11.8 Å². The molecule has 2 heterocycles. The molecule has 0 bridgehead atoms. The van der Waals surface area contributed by atoms with Crippen LogP contribution in [0.15, 0.2) is 40.8 Å². The van der Waals surface area contributed by atoms with Gasteiger partial charge in [-0.05, 0) is 23.9 Å². The van der Waals surface area contributed by atoms with Crippen molar-refractivity contribution in [2.45, 2.75) is 10.1 Å². The first-order valence-electron chi connectivity index (χ1n) is 4.11. The molecule has 0 aliphatic carbocycles. The maximum absolute atomic E-state index is 5.78. The van der Waals surface area contributed by atoms with E-state index in [9.17, 15) is 0 Å². The molecule has 0 fully saturated rings. The van der Waals surface area contributed by atoms with Gasteiger partial charge in [-0.25, -0.2) is 9.97 Å². The first-order valence-corrected chi connectivity index (χ1v) is 5.30. The number of aromatic nitrogens is 3. The lowest BCUT2D eigenvalue weighted by atomic mass is 10.4. The zero-order valence-electron chi connectivity index (χ0n) is 7.59. The van der Waals surface area contributed by atoms with E-state index in [-0.39, 0.29) is 0 Å². The molecule has 15 heavy (non-hydrogen) atoms. The molecule has 0 saturated heterocycles. The quantitative estimate of drug-likeness (QED) is 0.813. The SMILES string of the molecule is Nc1cc(Cl)nc(Sc2cnccn2)c1. The molecule has 0 amide bonds. The van der Waals surface area contributed by atoms with Crippen LogP contribution in [0.25, 0.3) is 0 Å². The highest BCUT2D eigenvalue weighted by Gasteiger charge is 2.02. The Morgan fingerprint density at radius 1 is 1.20 bits per heavy atom. The molecule has 0 aliphatic heterocycles. The summed E-state index contributed by atoms with van der Waals surface area (Å²) in [7, 11) is 0. The largest absolute Gasteiger partial charge is 0.399 e. The maximum atomic E-state index is 5.78. The van der Waals surface area contributed by atoms with E-state index in [1.807, 2.05) is 0 Å². The van der Waals surface area contributed by atoms with Gasteiger partial charge >= 0.3 is 0 Å². The maximum Gasteiger partial charge on any atom is 0.132 e. The first kappa shape index (κ1) is 10.2. The van der Waals surface area contributed by atoms with Crippen molar-refractivity contribution in [2.75, 3.05) is 5.73 Å². The molecule has 0 saturated carbocycles. The van der Waals surface area contributed by atoms with Gasteiger partial charge in [0.1, 0.15) is 15.2 Å². The van der Waals surface area contributed by atoms with Crippen molar-refractivity contribution in [3.8, 4) is 0 Å². The van der Waals surface area contributed by atoms with Crippen LogP contribution in [0, 0.1) is 0 Å². The summed E-state index contributed by atoms with van der Waals surface area (Å²) in [6, 6.07) is 3.34. The summed E-state index contributed by atoms with van der Waals surface area (Å²) < 4.78 is 0. The van der Waals surface area contributed by atoms with Gasteiger partial charge in [-0.15, -0.1) is 0 Å². The number of nitrogens with zero attached hydrogens (tertiary/aromatic N) is 3. The highest BCUT2D eigenvalue weighted by atomic mass is 35.5. The van der Waals surface area contributed by atoms with E-state index in [0.717, 1.165) is 5.03 Å². The number of pyridine rings is 1. The third kappa shape index (κ3) is 2.81. The zero-order valence-corrected chi connectivity index (χ0v) is 9.16. The molecule has 0 spiro atoms. The zero-order chi connectivity index (χ0) is 10.7. The number of nitrogens with two attached hydrogens (primary N) is 1. The lowest BCUT2D eigenvalue weighted by molar-refractivity contribution is 1.04. The Bertz CT molecular complexity index is 443. The third-order valence-electron chi connectivity index (χ3n) is 1.54. The number of halogens is 1. The Kier molecular flexibility index (Phi) is 3.03. The van der Waals surface area contributed by atoms with Crippen LogP contribution in [-0.4, -0.2) is 15.0 Å². The topological polar surface area (TPSA) is 64.7 Å². The van der Waals surface area contributed by atoms with Gasteiger partial charge in [0.25, 0.3) is 0 Å². The van der Waals surface area contributed by atoms with Crippen LogP contribution in [-0.2, 0) is 0 Å². The summed E-state index contributed by atoms with van der Waals surface area (Å²) in [6.45, 7) is 0. The lowest BCUT2D eigenvalue weighted by Gasteiger charge is -2.01. The normalized spacial score (nSPS) is 10.2. The predicted molar refractivity (Wildman–Crippen MR) is 59.8 cm³/mol. The summed E-state index contributed by atoms with van der Waals surface area (Å²) in [6.07, 6.45) is 4.89.